The van der Waals surface area contributed by atoms with Crippen LogP contribution in [-0.4, -0.2) is 22.0 Å². The summed E-state index contributed by atoms with van der Waals surface area (Å²) in [6, 6.07) is 0. The number of carbonyl (C=O) groups is 1. The second-order valence-electron chi connectivity index (χ2n) is 3.56. The number of nitrogens with one attached hydrogen (secondary N) is 1. The second-order valence-corrected chi connectivity index (χ2v) is 3.56. The lowest BCUT2D eigenvalue weighted by molar-refractivity contribution is 0.0205. The zero-order valence-electron chi connectivity index (χ0n) is 7.95. The van der Waals surface area contributed by atoms with Crippen LogP contribution in [0, 0.1) is 6.33 Å². The summed E-state index contributed by atoms with van der Waals surface area (Å²) < 4.78 is 5.29. The minimum Gasteiger partial charge on any atom is -0.458 e. The maximum Gasteiger partial charge on any atom is 0.358 e. The molecule has 1 heterocycles. The van der Waals surface area contributed by atoms with Crippen molar-refractivity contribution in [3.05, 3.63) is 18.2 Å². The fourth-order valence-electron chi connectivity index (χ4n) is 1.72. The Balaban J connectivity index is 1.87. The van der Waals surface area contributed by atoms with E-state index in [4.69, 9.17) is 4.74 Å². The maximum absolute atomic E-state index is 11.4. The highest BCUT2D eigenvalue weighted by molar-refractivity contribution is 5.86. The molecule has 0 saturated heterocycles. The molecule has 0 aliphatic heterocycles. The predicted molar refractivity (Wildman–Crippen MR) is 49.7 cm³/mol. The molecular formula is C10H13N2O2. The second kappa shape index (κ2) is 4.26. The van der Waals surface area contributed by atoms with Crippen molar-refractivity contribution in [3.63, 3.8) is 0 Å². The van der Waals surface area contributed by atoms with Crippen LogP contribution in [0.2, 0.25) is 0 Å². The van der Waals surface area contributed by atoms with Gasteiger partial charge in [0.25, 0.3) is 0 Å². The fraction of sp³-hybridized carbons (Fsp3) is 0.600. The molecule has 75 valence electrons. The molecule has 1 saturated carbocycles. The number of ether oxygens (including phenoxy) is 1. The summed E-state index contributed by atoms with van der Waals surface area (Å²) in [5, 5.41) is 0. The minimum absolute atomic E-state index is 0.0907. The van der Waals surface area contributed by atoms with Crippen molar-refractivity contribution in [1.29, 1.82) is 0 Å². The molecule has 2 rings (SSSR count). The maximum atomic E-state index is 11.4. The Kier molecular flexibility index (Phi) is 2.81. The third-order valence-corrected chi connectivity index (χ3v) is 2.48. The molecule has 4 nitrogen and oxygen atoms in total. The number of hydrogen-bond acceptors (Lipinski definition) is 3. The van der Waals surface area contributed by atoms with Crippen LogP contribution in [0.5, 0.6) is 0 Å². The van der Waals surface area contributed by atoms with Crippen LogP contribution in [0.25, 0.3) is 0 Å². The van der Waals surface area contributed by atoms with Gasteiger partial charge in [0.05, 0.1) is 0 Å². The van der Waals surface area contributed by atoms with Crippen LogP contribution < -0.4 is 0 Å². The number of aromatic amines is 1. The summed E-state index contributed by atoms with van der Waals surface area (Å²) in [6.07, 6.45) is 9.61. The first-order chi connectivity index (χ1) is 6.86. The number of esters is 1. The van der Waals surface area contributed by atoms with E-state index < -0.39 is 0 Å². The van der Waals surface area contributed by atoms with Crippen molar-refractivity contribution < 1.29 is 9.53 Å². The lowest BCUT2D eigenvalue weighted by Crippen LogP contribution is -2.21. The molecular weight excluding hydrogens is 180 g/mol. The average Bonchev–Trinajstić information content (AvgIpc) is 2.72. The van der Waals surface area contributed by atoms with Crippen LogP contribution in [0.4, 0.5) is 0 Å². The Labute approximate surface area is 82.7 Å². The van der Waals surface area contributed by atoms with Crippen LogP contribution in [0.1, 0.15) is 42.6 Å². The van der Waals surface area contributed by atoms with Gasteiger partial charge in [0, 0.05) is 6.20 Å². The monoisotopic (exact) mass is 193 g/mol. The summed E-state index contributed by atoms with van der Waals surface area (Å²) >= 11 is 0. The third kappa shape index (κ3) is 2.13. The van der Waals surface area contributed by atoms with Crippen LogP contribution in [-0.2, 0) is 4.74 Å². The molecule has 0 aromatic carbocycles. The number of imidazole rings is 1. The highest BCUT2D eigenvalue weighted by Crippen LogP contribution is 2.20. The van der Waals surface area contributed by atoms with Crippen LogP contribution in [0.15, 0.2) is 6.20 Å². The molecule has 4 heteroatoms. The molecule has 1 N–H and O–H groups in total. The topological polar surface area (TPSA) is 55.0 Å². The molecule has 0 unspecified atom stereocenters. The Morgan fingerprint density at radius 2 is 2.29 bits per heavy atom. The van der Waals surface area contributed by atoms with E-state index in [0.717, 1.165) is 25.7 Å². The van der Waals surface area contributed by atoms with E-state index in [1.807, 2.05) is 0 Å². The molecule has 1 aliphatic rings. The largest absolute Gasteiger partial charge is 0.458 e. The molecule has 0 atom stereocenters. The van der Waals surface area contributed by atoms with Crippen molar-refractivity contribution in [2.24, 2.45) is 0 Å². The van der Waals surface area contributed by atoms with E-state index in [1.54, 1.807) is 0 Å². The number of rotatable bonds is 2. The van der Waals surface area contributed by atoms with E-state index in [0.29, 0.717) is 5.69 Å². The van der Waals surface area contributed by atoms with Crippen LogP contribution in [0.3, 0.4) is 0 Å². The molecule has 1 fully saturated rings. The smallest absolute Gasteiger partial charge is 0.358 e. The molecule has 14 heavy (non-hydrogen) atoms. The highest BCUT2D eigenvalue weighted by atomic mass is 16.5. The molecule has 1 aromatic rings. The van der Waals surface area contributed by atoms with Gasteiger partial charge in [-0.1, -0.05) is 6.42 Å². The van der Waals surface area contributed by atoms with Gasteiger partial charge in [-0.2, -0.15) is 0 Å². The molecule has 0 spiro atoms. The van der Waals surface area contributed by atoms with Crippen molar-refractivity contribution in [2.75, 3.05) is 0 Å². The number of nitrogens with zero attached hydrogens (tertiary/aromatic N) is 1. The van der Waals surface area contributed by atoms with E-state index in [9.17, 15) is 4.79 Å². The minimum atomic E-state index is -0.339. The van der Waals surface area contributed by atoms with Crippen molar-refractivity contribution in [3.8, 4) is 0 Å². The molecule has 1 radical (unpaired) electrons. The van der Waals surface area contributed by atoms with Gasteiger partial charge in [-0.15, -0.1) is 0 Å². The summed E-state index contributed by atoms with van der Waals surface area (Å²) in [7, 11) is 0. The van der Waals surface area contributed by atoms with Gasteiger partial charge < -0.3 is 9.72 Å². The van der Waals surface area contributed by atoms with Crippen molar-refractivity contribution in [2.45, 2.75) is 38.2 Å². The summed E-state index contributed by atoms with van der Waals surface area (Å²) in [4.78, 5) is 17.8. The first-order valence-electron chi connectivity index (χ1n) is 4.99. The lowest BCUT2D eigenvalue weighted by atomic mass is 9.98. The van der Waals surface area contributed by atoms with Crippen molar-refractivity contribution in [1.82, 2.24) is 9.97 Å². The van der Waals surface area contributed by atoms with Crippen LogP contribution >= 0.6 is 0 Å². The van der Waals surface area contributed by atoms with E-state index in [2.05, 4.69) is 16.3 Å². The Bertz CT molecular complexity index is 289. The van der Waals surface area contributed by atoms with Gasteiger partial charge in [0.2, 0.25) is 0 Å². The van der Waals surface area contributed by atoms with Gasteiger partial charge >= 0.3 is 5.97 Å². The number of carbonyl (C=O) groups excluding carboxylic acids is 1. The van der Waals surface area contributed by atoms with E-state index in [1.165, 1.54) is 12.6 Å². The normalized spacial score (nSPS) is 18.0. The average molecular weight is 193 g/mol. The SMILES string of the molecule is O=C(OC1CCCCC1)c1c[nH][c]n1. The Morgan fingerprint density at radius 3 is 2.93 bits per heavy atom. The standard InChI is InChI=1S/C10H13N2O2/c13-10(9-6-11-7-12-9)14-8-4-2-1-3-5-8/h6,8H,1-5H2,(H,11,12). The number of aromatic nitrogens is 2. The molecule has 1 aromatic heterocycles. The van der Waals surface area contributed by atoms with Crippen molar-refractivity contribution >= 4 is 5.97 Å². The van der Waals surface area contributed by atoms with Gasteiger partial charge in [-0.25, -0.2) is 9.78 Å². The number of H-pyrrole nitrogens is 1. The first-order valence-corrected chi connectivity index (χ1v) is 4.99. The first kappa shape index (κ1) is 9.24. The summed E-state index contributed by atoms with van der Waals surface area (Å²) in [6.45, 7) is 0. The quantitative estimate of drug-likeness (QED) is 0.727. The molecule has 0 amide bonds. The third-order valence-electron chi connectivity index (χ3n) is 2.48. The summed E-state index contributed by atoms with van der Waals surface area (Å²) in [5.41, 5.74) is 0.315. The van der Waals surface area contributed by atoms with E-state index in [-0.39, 0.29) is 12.1 Å². The Hall–Kier alpha value is -1.32. The highest BCUT2D eigenvalue weighted by Gasteiger charge is 2.19. The summed E-state index contributed by atoms with van der Waals surface area (Å²) in [5.74, 6) is -0.339. The van der Waals surface area contributed by atoms with E-state index >= 15 is 0 Å². The fourth-order valence-corrected chi connectivity index (χ4v) is 1.72. The Morgan fingerprint density at radius 1 is 1.50 bits per heavy atom. The number of hydrogen-bond donors (Lipinski definition) is 1. The predicted octanol–water partition coefficient (Wildman–Crippen LogP) is 1.70. The van der Waals surface area contributed by atoms with Gasteiger partial charge in [0.1, 0.15) is 6.10 Å². The van der Waals surface area contributed by atoms with Gasteiger partial charge in [0.15, 0.2) is 12.0 Å². The van der Waals surface area contributed by atoms with Gasteiger partial charge in [-0.3, -0.25) is 0 Å². The molecule has 0 bridgehead atoms. The van der Waals surface area contributed by atoms with Gasteiger partial charge in [-0.05, 0) is 25.7 Å². The molecule has 1 aliphatic carbocycles. The zero-order chi connectivity index (χ0) is 9.80. The zero-order valence-corrected chi connectivity index (χ0v) is 7.95. The lowest BCUT2D eigenvalue weighted by Gasteiger charge is -2.21.